The summed E-state index contributed by atoms with van der Waals surface area (Å²) in [6, 6.07) is 0. The Morgan fingerprint density at radius 3 is 2.22 bits per heavy atom. The second-order valence-corrected chi connectivity index (χ2v) is 6.23. The van der Waals surface area contributed by atoms with Gasteiger partial charge in [0, 0.05) is 17.7 Å². The summed E-state index contributed by atoms with van der Waals surface area (Å²) in [5.74, 6) is -1.22. The number of imide groups is 1. The molecule has 0 aliphatic carbocycles. The number of carbonyl (C=O) groups excluding carboxylic acids is 3. The van der Waals surface area contributed by atoms with E-state index < -0.39 is 11.6 Å². The molecule has 0 aromatic carbocycles. The Morgan fingerprint density at radius 1 is 1.13 bits per heavy atom. The third-order valence-corrected chi connectivity index (χ3v) is 3.70. The van der Waals surface area contributed by atoms with Crippen molar-refractivity contribution in [2.24, 2.45) is 0 Å². The Kier molecular flexibility index (Phi) is 6.90. The number of rotatable bonds is 9. The molecule has 130 valence electrons. The van der Waals surface area contributed by atoms with Gasteiger partial charge in [-0.15, -0.1) is 0 Å². The molecule has 1 heterocycles. The maximum Gasteiger partial charge on any atom is 0.345 e. The fourth-order valence-electron chi connectivity index (χ4n) is 2.23. The van der Waals surface area contributed by atoms with Crippen molar-refractivity contribution in [1.29, 1.82) is 0 Å². The lowest BCUT2D eigenvalue weighted by atomic mass is 10.0. The second-order valence-electron chi connectivity index (χ2n) is 6.23. The normalized spacial score (nSPS) is 15.6. The molecule has 0 unspecified atom stereocenters. The minimum absolute atomic E-state index is 0.0206. The van der Waals surface area contributed by atoms with Crippen LogP contribution in [0, 0.1) is 0 Å². The van der Waals surface area contributed by atoms with E-state index in [0.29, 0.717) is 17.6 Å². The van der Waals surface area contributed by atoms with E-state index in [2.05, 4.69) is 9.93 Å². The number of nitrogens with zero attached hydrogens (tertiary/aromatic N) is 1. The lowest BCUT2D eigenvalue weighted by Crippen LogP contribution is -2.32. The topological polar surface area (TPSA) is 82.1 Å². The van der Waals surface area contributed by atoms with Crippen LogP contribution in [-0.4, -0.2) is 34.8 Å². The monoisotopic (exact) mass is 327 g/mol. The van der Waals surface area contributed by atoms with Gasteiger partial charge >= 0.3 is 5.97 Å². The van der Waals surface area contributed by atoms with Crippen molar-refractivity contribution in [2.45, 2.75) is 65.9 Å². The molecule has 7 heteroatoms. The van der Waals surface area contributed by atoms with Crippen LogP contribution in [0.4, 0.5) is 0 Å². The minimum atomic E-state index is -0.613. The summed E-state index contributed by atoms with van der Waals surface area (Å²) in [5.41, 5.74) is 0.365. The first-order valence-corrected chi connectivity index (χ1v) is 7.78. The first-order valence-electron chi connectivity index (χ1n) is 7.78. The van der Waals surface area contributed by atoms with Gasteiger partial charge in [0.25, 0.3) is 11.8 Å². The van der Waals surface area contributed by atoms with E-state index in [9.17, 15) is 14.4 Å². The highest BCUT2D eigenvalue weighted by Crippen LogP contribution is 2.20. The quantitative estimate of drug-likeness (QED) is 0.367. The lowest BCUT2D eigenvalue weighted by molar-refractivity contribution is -0.517. The maximum absolute atomic E-state index is 11.8. The number of hydrogen-bond acceptors (Lipinski definition) is 6. The van der Waals surface area contributed by atoms with Crippen molar-refractivity contribution in [3.05, 3.63) is 11.1 Å². The summed E-state index contributed by atoms with van der Waals surface area (Å²) < 4.78 is 0. The van der Waals surface area contributed by atoms with Gasteiger partial charge in [-0.3, -0.25) is 19.4 Å². The molecule has 0 saturated heterocycles. The summed E-state index contributed by atoms with van der Waals surface area (Å²) in [5, 5.41) is 4.51. The molecule has 0 fully saturated rings. The van der Waals surface area contributed by atoms with Crippen molar-refractivity contribution >= 4 is 17.8 Å². The summed E-state index contributed by atoms with van der Waals surface area (Å²) >= 11 is 0. The van der Waals surface area contributed by atoms with Gasteiger partial charge in [-0.2, -0.15) is 4.89 Å². The third kappa shape index (κ3) is 5.44. The Morgan fingerprint density at radius 2 is 1.70 bits per heavy atom. The summed E-state index contributed by atoms with van der Waals surface area (Å²) in [6.45, 7) is 9.07. The van der Waals surface area contributed by atoms with Gasteiger partial charge < -0.3 is 0 Å². The largest absolute Gasteiger partial charge is 0.345 e. The molecule has 23 heavy (non-hydrogen) atoms. The van der Waals surface area contributed by atoms with Crippen LogP contribution in [0.2, 0.25) is 0 Å². The van der Waals surface area contributed by atoms with E-state index >= 15 is 0 Å². The lowest BCUT2D eigenvalue weighted by Gasteiger charge is -2.20. The second kappa shape index (κ2) is 8.21. The molecule has 7 nitrogen and oxygen atoms in total. The third-order valence-electron chi connectivity index (χ3n) is 3.70. The minimum Gasteiger partial charge on any atom is -0.275 e. The zero-order valence-electron chi connectivity index (χ0n) is 14.4. The van der Waals surface area contributed by atoms with Crippen LogP contribution in [0.5, 0.6) is 0 Å². The molecule has 1 aliphatic heterocycles. The van der Waals surface area contributed by atoms with Crippen molar-refractivity contribution in [1.82, 2.24) is 4.90 Å². The summed E-state index contributed by atoms with van der Waals surface area (Å²) in [6.07, 6.45) is 2.00. The molecule has 0 aromatic rings. The van der Waals surface area contributed by atoms with Crippen molar-refractivity contribution in [3.63, 3.8) is 0 Å². The highest BCUT2D eigenvalue weighted by atomic mass is 17.5. The molecule has 0 aromatic heterocycles. The molecular weight excluding hydrogens is 302 g/mol. The van der Waals surface area contributed by atoms with Gasteiger partial charge in [0.05, 0.1) is 6.42 Å². The Balaban J connectivity index is 2.25. The molecule has 2 amide bonds. The van der Waals surface area contributed by atoms with Crippen LogP contribution < -0.4 is 0 Å². The average Bonchev–Trinajstić information content (AvgIpc) is 2.64. The molecule has 0 N–H and O–H groups in total. The summed E-state index contributed by atoms with van der Waals surface area (Å²) in [7, 11) is 0. The fraction of sp³-hybridized carbons (Fsp3) is 0.688. The zero-order chi connectivity index (χ0) is 17.6. The fourth-order valence-corrected chi connectivity index (χ4v) is 2.23. The molecule has 0 saturated carbocycles. The van der Waals surface area contributed by atoms with Gasteiger partial charge in [-0.1, -0.05) is 13.3 Å². The van der Waals surface area contributed by atoms with Crippen LogP contribution in [-0.2, 0) is 29.2 Å². The molecule has 0 spiro atoms. The Hall–Kier alpha value is -1.73. The molecule has 1 rings (SSSR count). The van der Waals surface area contributed by atoms with Crippen LogP contribution >= 0.6 is 0 Å². The van der Waals surface area contributed by atoms with E-state index in [1.165, 1.54) is 0 Å². The van der Waals surface area contributed by atoms with Crippen LogP contribution in [0.15, 0.2) is 11.1 Å². The molecule has 1 aliphatic rings. The van der Waals surface area contributed by atoms with Gasteiger partial charge in [-0.25, -0.2) is 4.79 Å². The highest BCUT2D eigenvalue weighted by molar-refractivity contribution is 6.18. The van der Waals surface area contributed by atoms with Gasteiger partial charge in [0.2, 0.25) is 0 Å². The molecule has 0 bridgehead atoms. The van der Waals surface area contributed by atoms with Crippen molar-refractivity contribution in [3.8, 4) is 0 Å². The van der Waals surface area contributed by atoms with Crippen LogP contribution in [0.3, 0.4) is 0 Å². The first kappa shape index (κ1) is 19.3. The average molecular weight is 327 g/mol. The Bertz CT molecular complexity index is 485. The summed E-state index contributed by atoms with van der Waals surface area (Å²) in [4.78, 5) is 45.9. The molecular formula is C16H25NO6. The SMILES string of the molecule is CCCC(C)(C)OOOC(=O)CCCN1C(=O)C(C)=C(C)C1=O. The molecule has 0 radical (unpaired) electrons. The van der Waals surface area contributed by atoms with E-state index in [1.807, 2.05) is 20.8 Å². The smallest absolute Gasteiger partial charge is 0.275 e. The molecule has 0 atom stereocenters. The predicted octanol–water partition coefficient (Wildman–Crippen LogP) is 2.46. The van der Waals surface area contributed by atoms with Crippen LogP contribution in [0.25, 0.3) is 0 Å². The number of amides is 2. The Labute approximate surface area is 136 Å². The van der Waals surface area contributed by atoms with E-state index in [4.69, 9.17) is 4.89 Å². The first-order chi connectivity index (χ1) is 10.7. The zero-order valence-corrected chi connectivity index (χ0v) is 14.4. The standard InChI is InChI=1S/C16H25NO6/c1-6-9-16(4,5)22-23-21-13(18)8-7-10-17-14(19)11(2)12(3)15(17)20/h6-10H2,1-5H3. The van der Waals surface area contributed by atoms with E-state index in [1.54, 1.807) is 13.8 Å². The van der Waals surface area contributed by atoms with Crippen molar-refractivity contribution < 1.29 is 29.2 Å². The predicted molar refractivity (Wildman–Crippen MR) is 81.6 cm³/mol. The van der Waals surface area contributed by atoms with Crippen LogP contribution in [0.1, 0.15) is 60.3 Å². The highest BCUT2D eigenvalue weighted by Gasteiger charge is 2.32. The van der Waals surface area contributed by atoms with Gasteiger partial charge in [0.1, 0.15) is 5.60 Å². The van der Waals surface area contributed by atoms with Crippen molar-refractivity contribution in [2.75, 3.05) is 6.54 Å². The van der Waals surface area contributed by atoms with E-state index in [-0.39, 0.29) is 24.8 Å². The maximum atomic E-state index is 11.8. The van der Waals surface area contributed by atoms with Gasteiger partial charge in [0.15, 0.2) is 0 Å². The number of hydrogen-bond donors (Lipinski definition) is 0. The van der Waals surface area contributed by atoms with Gasteiger partial charge in [-0.05, 0) is 45.6 Å². The van der Waals surface area contributed by atoms with E-state index in [0.717, 1.165) is 17.7 Å². The number of carbonyl (C=O) groups is 3.